The molecule has 0 N–H and O–H groups in total. The first-order valence-corrected chi connectivity index (χ1v) is 11.3. The number of aromatic nitrogens is 3. The number of fused-ring (bicyclic) bond motifs is 2. The van der Waals surface area contributed by atoms with Gasteiger partial charge in [-0.3, -0.25) is 4.79 Å². The zero-order valence-electron chi connectivity index (χ0n) is 18.8. The molecule has 6 nitrogen and oxygen atoms in total. The summed E-state index contributed by atoms with van der Waals surface area (Å²) in [5.74, 6) is 1.42. The van der Waals surface area contributed by atoms with Gasteiger partial charge in [-0.25, -0.2) is 9.50 Å². The van der Waals surface area contributed by atoms with Gasteiger partial charge in [0, 0.05) is 23.2 Å². The molecule has 168 valence electrons. The second-order valence-electron chi connectivity index (χ2n) is 8.19. The molecule has 33 heavy (non-hydrogen) atoms. The summed E-state index contributed by atoms with van der Waals surface area (Å²) in [6, 6.07) is 13.5. The van der Waals surface area contributed by atoms with E-state index in [4.69, 9.17) is 31.2 Å². The van der Waals surface area contributed by atoms with Crippen LogP contribution in [0.1, 0.15) is 46.6 Å². The fourth-order valence-corrected chi connectivity index (χ4v) is 4.71. The number of benzene rings is 2. The monoisotopic (exact) mass is 461 g/mol. The van der Waals surface area contributed by atoms with Crippen molar-refractivity contribution in [1.29, 1.82) is 0 Å². The van der Waals surface area contributed by atoms with E-state index < -0.39 is 0 Å². The van der Waals surface area contributed by atoms with E-state index in [2.05, 4.69) is 6.92 Å². The molecule has 2 heterocycles. The summed E-state index contributed by atoms with van der Waals surface area (Å²) in [6.07, 6.45) is 3.68. The molecule has 0 spiro atoms. The van der Waals surface area contributed by atoms with Crippen molar-refractivity contribution in [3.63, 3.8) is 0 Å². The molecule has 0 radical (unpaired) electrons. The van der Waals surface area contributed by atoms with Gasteiger partial charge in [-0.1, -0.05) is 36.7 Å². The summed E-state index contributed by atoms with van der Waals surface area (Å²) in [5, 5.41) is 5.41. The molecule has 0 fully saturated rings. The van der Waals surface area contributed by atoms with Crippen LogP contribution in [0, 0.1) is 0 Å². The number of rotatable bonds is 5. The minimum Gasteiger partial charge on any atom is -0.493 e. The van der Waals surface area contributed by atoms with E-state index in [9.17, 15) is 4.79 Å². The van der Waals surface area contributed by atoms with Crippen LogP contribution in [0.25, 0.3) is 16.8 Å². The highest BCUT2D eigenvalue weighted by Gasteiger charge is 2.30. The smallest absolute Gasteiger partial charge is 0.166 e. The van der Waals surface area contributed by atoms with Crippen LogP contribution in [-0.2, 0) is 12.8 Å². The summed E-state index contributed by atoms with van der Waals surface area (Å²) in [4.78, 5) is 18.1. The Morgan fingerprint density at radius 2 is 1.82 bits per heavy atom. The minimum atomic E-state index is 0.0207. The zero-order chi connectivity index (χ0) is 23.1. The number of hydrogen-bond acceptors (Lipinski definition) is 5. The maximum absolute atomic E-state index is 13.1. The molecule has 5 rings (SSSR count). The molecule has 7 heteroatoms. The van der Waals surface area contributed by atoms with Crippen LogP contribution in [0.4, 0.5) is 0 Å². The lowest BCUT2D eigenvalue weighted by molar-refractivity contribution is 0.0962. The summed E-state index contributed by atoms with van der Waals surface area (Å²) in [6.45, 7) is 2.07. The average molecular weight is 462 g/mol. The number of ether oxygens (including phenoxy) is 2. The van der Waals surface area contributed by atoms with Crippen LogP contribution >= 0.6 is 11.6 Å². The number of methoxy groups -OCH3 is 2. The number of nitrogens with zero attached hydrogens (tertiary/aromatic N) is 3. The first kappa shape index (κ1) is 21.5. The summed E-state index contributed by atoms with van der Waals surface area (Å²) < 4.78 is 12.6. The van der Waals surface area contributed by atoms with Gasteiger partial charge in [-0.15, -0.1) is 0 Å². The third kappa shape index (κ3) is 3.74. The van der Waals surface area contributed by atoms with Gasteiger partial charge in [0.05, 0.1) is 31.2 Å². The Balaban J connectivity index is 1.60. The van der Waals surface area contributed by atoms with Crippen molar-refractivity contribution in [1.82, 2.24) is 14.6 Å². The lowest BCUT2D eigenvalue weighted by Crippen LogP contribution is -2.21. The highest BCUT2D eigenvalue weighted by atomic mass is 35.5. The van der Waals surface area contributed by atoms with Gasteiger partial charge in [0.15, 0.2) is 22.9 Å². The third-order valence-corrected chi connectivity index (χ3v) is 6.53. The molecular weight excluding hydrogens is 438 g/mol. The minimum absolute atomic E-state index is 0.0207. The van der Waals surface area contributed by atoms with Gasteiger partial charge in [0.25, 0.3) is 0 Å². The fourth-order valence-electron chi connectivity index (χ4n) is 4.58. The second kappa shape index (κ2) is 8.52. The van der Waals surface area contributed by atoms with Crippen LogP contribution in [0.5, 0.6) is 11.5 Å². The van der Waals surface area contributed by atoms with Crippen molar-refractivity contribution < 1.29 is 14.3 Å². The molecule has 0 saturated heterocycles. The molecule has 0 saturated carbocycles. The Kier molecular flexibility index (Phi) is 5.54. The van der Waals surface area contributed by atoms with E-state index in [0.29, 0.717) is 34.9 Å². The molecule has 4 aromatic rings. The van der Waals surface area contributed by atoms with E-state index in [1.807, 2.05) is 48.7 Å². The topological polar surface area (TPSA) is 65.7 Å². The summed E-state index contributed by atoms with van der Waals surface area (Å²) >= 11 is 6.10. The molecule has 1 aliphatic carbocycles. The predicted octanol–water partition coefficient (Wildman–Crippen LogP) is 5.54. The lowest BCUT2D eigenvalue weighted by Gasteiger charge is -2.24. The van der Waals surface area contributed by atoms with Gasteiger partial charge in [0.1, 0.15) is 0 Å². The SMILES string of the molecule is CCc1nn2cc3c(nc2c1-c1ccc(Cl)cc1)CC(c1ccc(OC)c(OC)c1)CC3=O. The molecular formula is C26H24ClN3O3. The number of aryl methyl sites for hydroxylation is 1. The summed E-state index contributed by atoms with van der Waals surface area (Å²) in [5.41, 5.74) is 6.18. The van der Waals surface area contributed by atoms with Crippen molar-refractivity contribution in [3.8, 4) is 22.6 Å². The maximum Gasteiger partial charge on any atom is 0.166 e. The Morgan fingerprint density at radius 3 is 2.52 bits per heavy atom. The normalized spacial score (nSPS) is 15.5. The van der Waals surface area contributed by atoms with Crippen molar-refractivity contribution in [2.45, 2.75) is 32.1 Å². The molecule has 1 aliphatic rings. The molecule has 0 bridgehead atoms. The third-order valence-electron chi connectivity index (χ3n) is 6.28. The van der Waals surface area contributed by atoms with Crippen LogP contribution in [0.2, 0.25) is 5.02 Å². The van der Waals surface area contributed by atoms with Gasteiger partial charge in [0.2, 0.25) is 0 Å². The molecule has 2 aromatic carbocycles. The Hall–Kier alpha value is -3.38. The number of ketones is 1. The first-order valence-electron chi connectivity index (χ1n) is 10.9. The van der Waals surface area contributed by atoms with Crippen LogP contribution in [0.15, 0.2) is 48.7 Å². The second-order valence-corrected chi connectivity index (χ2v) is 8.63. The zero-order valence-corrected chi connectivity index (χ0v) is 19.5. The van der Waals surface area contributed by atoms with E-state index in [1.165, 1.54) is 0 Å². The van der Waals surface area contributed by atoms with Crippen LogP contribution < -0.4 is 9.47 Å². The van der Waals surface area contributed by atoms with Crippen molar-refractivity contribution in [3.05, 3.63) is 76.2 Å². The van der Waals surface area contributed by atoms with Crippen LogP contribution in [-0.4, -0.2) is 34.6 Å². The number of carbonyl (C=O) groups excluding carboxylic acids is 1. The van der Waals surface area contributed by atoms with Crippen molar-refractivity contribution in [2.75, 3.05) is 14.2 Å². The molecule has 0 amide bonds. The van der Waals surface area contributed by atoms with E-state index >= 15 is 0 Å². The lowest BCUT2D eigenvalue weighted by atomic mass is 9.82. The highest BCUT2D eigenvalue weighted by molar-refractivity contribution is 6.30. The average Bonchev–Trinajstić information content (AvgIpc) is 3.20. The predicted molar refractivity (Wildman–Crippen MR) is 128 cm³/mol. The van der Waals surface area contributed by atoms with Gasteiger partial charge < -0.3 is 9.47 Å². The Morgan fingerprint density at radius 1 is 1.06 bits per heavy atom. The standard InChI is InChI=1S/C26H24ClN3O3/c1-4-20-25(15-5-8-18(27)9-6-15)26-28-21-11-17(12-22(31)19(21)14-30(26)29-20)16-7-10-23(32-2)24(13-16)33-3/h5-10,13-14,17H,4,11-12H2,1-3H3. The van der Waals surface area contributed by atoms with E-state index in [-0.39, 0.29) is 11.7 Å². The number of carbonyl (C=O) groups is 1. The van der Waals surface area contributed by atoms with E-state index in [0.717, 1.165) is 40.1 Å². The van der Waals surface area contributed by atoms with E-state index in [1.54, 1.807) is 18.7 Å². The Bertz CT molecular complexity index is 1360. The van der Waals surface area contributed by atoms with Crippen molar-refractivity contribution in [2.24, 2.45) is 0 Å². The fraction of sp³-hybridized carbons (Fsp3) is 0.269. The highest BCUT2D eigenvalue weighted by Crippen LogP contribution is 2.37. The van der Waals surface area contributed by atoms with Gasteiger partial charge >= 0.3 is 0 Å². The number of halogens is 1. The largest absolute Gasteiger partial charge is 0.493 e. The first-order chi connectivity index (χ1) is 16.0. The van der Waals surface area contributed by atoms with Gasteiger partial charge in [-0.05, 0) is 54.2 Å². The molecule has 0 aliphatic heterocycles. The number of Topliss-reactive ketones (excluding diaryl/α,β-unsaturated/α-hetero) is 1. The van der Waals surface area contributed by atoms with Crippen molar-refractivity contribution >= 4 is 23.0 Å². The molecule has 1 atom stereocenters. The Labute approximate surface area is 197 Å². The quantitative estimate of drug-likeness (QED) is 0.390. The van der Waals surface area contributed by atoms with Gasteiger partial charge in [-0.2, -0.15) is 5.10 Å². The number of hydrogen-bond donors (Lipinski definition) is 0. The molecule has 2 aromatic heterocycles. The van der Waals surface area contributed by atoms with Crippen LogP contribution in [0.3, 0.4) is 0 Å². The molecule has 1 unspecified atom stereocenters. The maximum atomic E-state index is 13.1. The summed E-state index contributed by atoms with van der Waals surface area (Å²) in [7, 11) is 3.23.